The number of fused-ring (bicyclic) bond motifs is 1. The van der Waals surface area contributed by atoms with E-state index in [9.17, 15) is 4.79 Å². The number of carbonyl (C=O) groups excluding carboxylic acids is 1. The van der Waals surface area contributed by atoms with E-state index in [0.717, 1.165) is 17.7 Å². The summed E-state index contributed by atoms with van der Waals surface area (Å²) in [6, 6.07) is 15.1. The fourth-order valence-corrected chi connectivity index (χ4v) is 3.28. The Balaban J connectivity index is 1.37. The number of rotatable bonds is 6. The summed E-state index contributed by atoms with van der Waals surface area (Å²) in [5, 5.41) is 7.40. The first kappa shape index (κ1) is 20.0. The third-order valence-electron chi connectivity index (χ3n) is 5.14. The molecule has 0 spiro atoms. The van der Waals surface area contributed by atoms with Crippen LogP contribution in [-0.4, -0.2) is 46.9 Å². The molecule has 1 aliphatic rings. The standard InChI is InChI=1S/C23H26N4O3/c1-17(23(28)25-19-9-10-21-22(13-19)30-12-6-11-29-21)26(2)15-18-14-24-27(16-18)20-7-4-3-5-8-20/h3-5,7-10,13-14,16-17H,6,11-12,15H2,1-2H3,(H,25,28). The van der Waals surface area contributed by atoms with Crippen molar-refractivity contribution in [3.63, 3.8) is 0 Å². The van der Waals surface area contributed by atoms with Gasteiger partial charge in [-0.05, 0) is 38.2 Å². The Morgan fingerprint density at radius 3 is 2.73 bits per heavy atom. The summed E-state index contributed by atoms with van der Waals surface area (Å²) in [5.74, 6) is 1.30. The highest BCUT2D eigenvalue weighted by molar-refractivity contribution is 5.94. The number of hydrogen-bond acceptors (Lipinski definition) is 5. The molecule has 2 aromatic carbocycles. The fourth-order valence-electron chi connectivity index (χ4n) is 3.28. The fraction of sp³-hybridized carbons (Fsp3) is 0.304. The van der Waals surface area contributed by atoms with Crippen LogP contribution < -0.4 is 14.8 Å². The third-order valence-corrected chi connectivity index (χ3v) is 5.14. The lowest BCUT2D eigenvalue weighted by atomic mass is 10.2. The third kappa shape index (κ3) is 4.63. The van der Waals surface area contributed by atoms with Gasteiger partial charge < -0.3 is 14.8 Å². The van der Waals surface area contributed by atoms with Crippen molar-refractivity contribution in [2.75, 3.05) is 25.6 Å². The number of ether oxygens (including phenoxy) is 2. The maximum absolute atomic E-state index is 12.8. The lowest BCUT2D eigenvalue weighted by molar-refractivity contribution is -0.120. The van der Waals surface area contributed by atoms with Crippen molar-refractivity contribution in [3.8, 4) is 17.2 Å². The van der Waals surface area contributed by atoms with Crippen LogP contribution in [0, 0.1) is 0 Å². The number of hydrogen-bond donors (Lipinski definition) is 1. The number of nitrogens with one attached hydrogen (secondary N) is 1. The second kappa shape index (κ2) is 9.00. The second-order valence-corrected chi connectivity index (χ2v) is 7.42. The summed E-state index contributed by atoms with van der Waals surface area (Å²) in [5.41, 5.74) is 2.74. The summed E-state index contributed by atoms with van der Waals surface area (Å²) in [7, 11) is 1.93. The molecule has 0 bridgehead atoms. The van der Waals surface area contributed by atoms with Gasteiger partial charge >= 0.3 is 0 Å². The van der Waals surface area contributed by atoms with E-state index in [2.05, 4.69) is 10.4 Å². The van der Waals surface area contributed by atoms with Crippen LogP contribution in [0.25, 0.3) is 5.69 Å². The summed E-state index contributed by atoms with van der Waals surface area (Å²) in [6.07, 6.45) is 4.66. The smallest absolute Gasteiger partial charge is 0.241 e. The SMILES string of the molecule is CC(C(=O)Nc1ccc2c(c1)OCCCO2)N(C)Cc1cnn(-c2ccccc2)c1. The topological polar surface area (TPSA) is 68.6 Å². The van der Waals surface area contributed by atoms with Crippen molar-refractivity contribution in [1.82, 2.24) is 14.7 Å². The Morgan fingerprint density at radius 1 is 1.17 bits per heavy atom. The molecule has 1 amide bonds. The van der Waals surface area contributed by atoms with E-state index in [1.54, 1.807) is 0 Å². The lowest BCUT2D eigenvalue weighted by Gasteiger charge is -2.23. The molecule has 1 aromatic heterocycles. The van der Waals surface area contributed by atoms with Gasteiger partial charge in [-0.3, -0.25) is 9.69 Å². The molecule has 7 nitrogen and oxygen atoms in total. The zero-order chi connectivity index (χ0) is 20.9. The van der Waals surface area contributed by atoms with Gasteiger partial charge in [-0.25, -0.2) is 4.68 Å². The highest BCUT2D eigenvalue weighted by Gasteiger charge is 2.20. The van der Waals surface area contributed by atoms with E-state index in [4.69, 9.17) is 9.47 Å². The quantitative estimate of drug-likeness (QED) is 0.679. The number of likely N-dealkylation sites (N-methyl/N-ethyl adjacent to an activating group) is 1. The molecule has 156 valence electrons. The van der Waals surface area contributed by atoms with Gasteiger partial charge in [-0.15, -0.1) is 0 Å². The minimum absolute atomic E-state index is 0.0811. The van der Waals surface area contributed by atoms with Crippen molar-refractivity contribution in [2.24, 2.45) is 0 Å². The van der Waals surface area contributed by atoms with Gasteiger partial charge in [0, 0.05) is 36.5 Å². The average Bonchev–Trinajstić information content (AvgIpc) is 3.10. The number of carbonyl (C=O) groups is 1. The van der Waals surface area contributed by atoms with Gasteiger partial charge in [0.05, 0.1) is 31.1 Å². The lowest BCUT2D eigenvalue weighted by Crippen LogP contribution is -2.39. The number of nitrogens with zero attached hydrogens (tertiary/aromatic N) is 3. The molecule has 7 heteroatoms. The van der Waals surface area contributed by atoms with E-state index in [0.29, 0.717) is 36.9 Å². The van der Waals surface area contributed by atoms with Crippen LogP contribution in [0.2, 0.25) is 0 Å². The highest BCUT2D eigenvalue weighted by atomic mass is 16.5. The van der Waals surface area contributed by atoms with Crippen molar-refractivity contribution >= 4 is 11.6 Å². The molecule has 0 saturated carbocycles. The molecule has 0 fully saturated rings. The van der Waals surface area contributed by atoms with E-state index < -0.39 is 0 Å². The molecule has 30 heavy (non-hydrogen) atoms. The minimum Gasteiger partial charge on any atom is -0.490 e. The Hall–Kier alpha value is -3.32. The maximum atomic E-state index is 12.8. The van der Waals surface area contributed by atoms with Gasteiger partial charge in [0.25, 0.3) is 0 Å². The molecule has 0 saturated heterocycles. The molecule has 0 radical (unpaired) electrons. The first-order valence-corrected chi connectivity index (χ1v) is 10.1. The summed E-state index contributed by atoms with van der Waals surface area (Å²) < 4.78 is 13.2. The average molecular weight is 406 g/mol. The Bertz CT molecular complexity index is 1000. The number of anilines is 1. The number of aromatic nitrogens is 2. The van der Waals surface area contributed by atoms with E-state index in [1.165, 1.54) is 0 Å². The number of amides is 1. The molecular weight excluding hydrogens is 380 g/mol. The highest BCUT2D eigenvalue weighted by Crippen LogP contribution is 2.32. The molecule has 1 atom stereocenters. The molecule has 4 rings (SSSR count). The summed E-state index contributed by atoms with van der Waals surface area (Å²) in [4.78, 5) is 14.8. The second-order valence-electron chi connectivity index (χ2n) is 7.42. The number of para-hydroxylation sites is 1. The largest absolute Gasteiger partial charge is 0.490 e. The molecule has 1 unspecified atom stereocenters. The van der Waals surface area contributed by atoms with Crippen LogP contribution >= 0.6 is 0 Å². The van der Waals surface area contributed by atoms with E-state index in [-0.39, 0.29) is 11.9 Å². The van der Waals surface area contributed by atoms with Crippen LogP contribution in [0.4, 0.5) is 5.69 Å². The van der Waals surface area contributed by atoms with Crippen LogP contribution in [0.1, 0.15) is 18.9 Å². The van der Waals surface area contributed by atoms with Crippen molar-refractivity contribution in [3.05, 3.63) is 66.5 Å². The summed E-state index contributed by atoms with van der Waals surface area (Å²) >= 11 is 0. The molecule has 2 heterocycles. The number of benzene rings is 2. The van der Waals surface area contributed by atoms with Crippen molar-refractivity contribution < 1.29 is 14.3 Å². The van der Waals surface area contributed by atoms with E-state index in [1.807, 2.05) is 84.5 Å². The van der Waals surface area contributed by atoms with Gasteiger partial charge in [0.2, 0.25) is 5.91 Å². The summed E-state index contributed by atoms with van der Waals surface area (Å²) in [6.45, 7) is 3.75. The van der Waals surface area contributed by atoms with Gasteiger partial charge in [-0.1, -0.05) is 18.2 Å². The predicted molar refractivity (Wildman–Crippen MR) is 115 cm³/mol. The molecule has 0 aliphatic carbocycles. The van der Waals surface area contributed by atoms with Gasteiger partial charge in [-0.2, -0.15) is 5.10 Å². The van der Waals surface area contributed by atoms with Gasteiger partial charge in [0.1, 0.15) is 0 Å². The Labute approximate surface area is 176 Å². The molecular formula is C23H26N4O3. The minimum atomic E-state index is -0.318. The Morgan fingerprint density at radius 2 is 1.93 bits per heavy atom. The predicted octanol–water partition coefficient (Wildman–Crippen LogP) is 3.49. The molecule has 1 aliphatic heterocycles. The van der Waals surface area contributed by atoms with Crippen LogP contribution in [0.5, 0.6) is 11.5 Å². The van der Waals surface area contributed by atoms with Gasteiger partial charge in [0.15, 0.2) is 11.5 Å². The Kier molecular flexibility index (Phi) is 5.99. The zero-order valence-electron chi connectivity index (χ0n) is 17.2. The first-order chi connectivity index (χ1) is 14.6. The molecule has 3 aromatic rings. The first-order valence-electron chi connectivity index (χ1n) is 10.1. The van der Waals surface area contributed by atoms with Crippen molar-refractivity contribution in [1.29, 1.82) is 0 Å². The van der Waals surface area contributed by atoms with Crippen LogP contribution in [-0.2, 0) is 11.3 Å². The maximum Gasteiger partial charge on any atom is 0.241 e. The zero-order valence-corrected chi connectivity index (χ0v) is 17.2. The van der Waals surface area contributed by atoms with Crippen LogP contribution in [0.15, 0.2) is 60.9 Å². The van der Waals surface area contributed by atoms with Crippen molar-refractivity contribution in [2.45, 2.75) is 25.9 Å². The normalized spacial score (nSPS) is 14.2. The molecule has 1 N–H and O–H groups in total. The monoisotopic (exact) mass is 406 g/mol. The van der Waals surface area contributed by atoms with Crippen LogP contribution in [0.3, 0.4) is 0 Å². The van der Waals surface area contributed by atoms with E-state index >= 15 is 0 Å².